The van der Waals surface area contributed by atoms with Gasteiger partial charge in [0, 0.05) is 31.9 Å². The fourth-order valence-electron chi connectivity index (χ4n) is 6.53. The molecule has 1 aliphatic rings. The van der Waals surface area contributed by atoms with Crippen molar-refractivity contribution in [2.45, 2.75) is 58.2 Å². The lowest BCUT2D eigenvalue weighted by molar-refractivity contribution is -0.123. The van der Waals surface area contributed by atoms with Gasteiger partial charge in [0.25, 0.3) is 0 Å². The number of aryl methyl sites for hydroxylation is 2. The Labute approximate surface area is 287 Å². The van der Waals surface area contributed by atoms with Crippen molar-refractivity contribution >= 4 is 17.5 Å². The van der Waals surface area contributed by atoms with Crippen LogP contribution in [0, 0.1) is 5.92 Å². The number of anilines is 1. The third kappa shape index (κ3) is 7.25. The molecule has 2 amide bonds. The number of hydrogen-bond donors (Lipinski definition) is 3. The number of carbonyl (C=O) groups excluding carboxylic acids is 2. The summed E-state index contributed by atoms with van der Waals surface area (Å²) in [6.45, 7) is 5.45. The Bertz CT molecular complexity index is 1870. The average Bonchev–Trinajstić information content (AvgIpc) is 3.39. The van der Waals surface area contributed by atoms with Crippen LogP contribution in [0.2, 0.25) is 0 Å². The van der Waals surface area contributed by atoms with Gasteiger partial charge in [0.1, 0.15) is 17.9 Å². The lowest BCUT2D eigenvalue weighted by Crippen LogP contribution is -2.46. The molecule has 0 radical (unpaired) electrons. The molecule has 0 bridgehead atoms. The van der Waals surface area contributed by atoms with Crippen LogP contribution in [0.5, 0.6) is 17.2 Å². The van der Waals surface area contributed by atoms with E-state index >= 15 is 0 Å². The van der Waals surface area contributed by atoms with E-state index in [0.29, 0.717) is 53.5 Å². The zero-order chi connectivity index (χ0) is 35.2. The quantitative estimate of drug-likeness (QED) is 0.185. The van der Waals surface area contributed by atoms with Gasteiger partial charge in [-0.3, -0.25) is 14.4 Å². The lowest BCUT2D eigenvalue weighted by Gasteiger charge is -2.27. The summed E-state index contributed by atoms with van der Waals surface area (Å²) in [6, 6.07) is 15.0. The molecule has 0 saturated heterocycles. The normalized spacial score (nSPS) is 15.4. The number of nitrogens with zero attached hydrogens (tertiary/aromatic N) is 2. The second kappa shape index (κ2) is 15.3. The summed E-state index contributed by atoms with van der Waals surface area (Å²) in [4.78, 5) is 45.2. The zero-order valence-electron chi connectivity index (χ0n) is 29.1. The van der Waals surface area contributed by atoms with Crippen molar-refractivity contribution in [3.63, 3.8) is 0 Å². The maximum Gasteiger partial charge on any atom is 0.243 e. The number of hydrogen-bond acceptors (Lipinski definition) is 8. The molecule has 1 heterocycles. The van der Waals surface area contributed by atoms with Gasteiger partial charge in [-0.05, 0) is 59.2 Å². The monoisotopic (exact) mass is 667 g/mol. The van der Waals surface area contributed by atoms with Gasteiger partial charge in [0.2, 0.25) is 23.0 Å². The van der Waals surface area contributed by atoms with Gasteiger partial charge in [-0.15, -0.1) is 0 Å². The first kappa shape index (κ1) is 35.0. The Hall–Kier alpha value is -5.32. The summed E-state index contributed by atoms with van der Waals surface area (Å²) < 4.78 is 19.1. The van der Waals surface area contributed by atoms with Crippen molar-refractivity contribution in [2.75, 3.05) is 26.6 Å². The van der Waals surface area contributed by atoms with Gasteiger partial charge >= 0.3 is 0 Å². The van der Waals surface area contributed by atoms with Crippen LogP contribution in [0.25, 0.3) is 11.1 Å². The maximum atomic E-state index is 14.2. The lowest BCUT2D eigenvalue weighted by atomic mass is 9.95. The van der Waals surface area contributed by atoms with Gasteiger partial charge < -0.3 is 34.7 Å². The minimum absolute atomic E-state index is 0.134. The number of amides is 2. The Balaban J connectivity index is 1.60. The van der Waals surface area contributed by atoms with Crippen LogP contribution in [0.15, 0.2) is 71.8 Å². The SMILES string of the molecule is CC[C@@H](C)[C@H](Nc1ccc2c(cc1=O)[C@@H](NC(C)=O)CCc1cc(OC)c(OC)c(OC)c1-2)C(=O)NC(c1ccccc1)c1nccn1C. The maximum absolute atomic E-state index is 14.2. The highest BCUT2D eigenvalue weighted by molar-refractivity contribution is 5.86. The topological polar surface area (TPSA) is 133 Å². The highest BCUT2D eigenvalue weighted by atomic mass is 16.5. The summed E-state index contributed by atoms with van der Waals surface area (Å²) in [5.74, 6) is 1.48. The first-order valence-corrected chi connectivity index (χ1v) is 16.5. The molecule has 1 unspecified atom stereocenters. The molecule has 3 N–H and O–H groups in total. The number of nitrogens with one attached hydrogen (secondary N) is 3. The Morgan fingerprint density at radius 2 is 1.76 bits per heavy atom. The number of ether oxygens (including phenoxy) is 3. The largest absolute Gasteiger partial charge is 0.493 e. The molecule has 49 heavy (non-hydrogen) atoms. The van der Waals surface area contributed by atoms with Gasteiger partial charge in [0.05, 0.1) is 33.1 Å². The van der Waals surface area contributed by atoms with Crippen LogP contribution in [0.3, 0.4) is 0 Å². The van der Waals surface area contributed by atoms with Crippen LogP contribution in [0.1, 0.15) is 68.2 Å². The first-order chi connectivity index (χ1) is 23.6. The van der Waals surface area contributed by atoms with Crippen molar-refractivity contribution in [2.24, 2.45) is 13.0 Å². The highest BCUT2D eigenvalue weighted by Gasteiger charge is 2.32. The fraction of sp³-hybridized carbons (Fsp3) is 0.368. The minimum atomic E-state index is -0.747. The van der Waals surface area contributed by atoms with Crippen LogP contribution in [0.4, 0.5) is 5.69 Å². The molecule has 3 aromatic carbocycles. The summed E-state index contributed by atoms with van der Waals surface area (Å²) in [7, 11) is 6.56. The number of carbonyl (C=O) groups is 2. The summed E-state index contributed by atoms with van der Waals surface area (Å²) in [6.07, 6.45) is 5.35. The van der Waals surface area contributed by atoms with E-state index in [1.807, 2.05) is 74.1 Å². The van der Waals surface area contributed by atoms with E-state index in [4.69, 9.17) is 14.2 Å². The van der Waals surface area contributed by atoms with Crippen molar-refractivity contribution in [1.82, 2.24) is 20.2 Å². The van der Waals surface area contributed by atoms with Crippen LogP contribution in [-0.4, -0.2) is 48.7 Å². The third-order valence-electron chi connectivity index (χ3n) is 9.26. The molecule has 5 rings (SSSR count). The molecule has 11 heteroatoms. The second-order valence-electron chi connectivity index (χ2n) is 12.4. The van der Waals surface area contributed by atoms with Crippen molar-refractivity contribution < 1.29 is 23.8 Å². The Morgan fingerprint density at radius 3 is 2.37 bits per heavy atom. The van der Waals surface area contributed by atoms with E-state index in [0.717, 1.165) is 16.7 Å². The second-order valence-corrected chi connectivity index (χ2v) is 12.4. The minimum Gasteiger partial charge on any atom is -0.493 e. The standard InChI is InChI=1S/C38H45N5O6/c1-8-22(2)33(38(46)42-34(24-12-10-9-11-13-24)37-39-18-19-43(37)4)41-29-17-15-26-27(21-30(29)45)28(40-23(3)44)16-14-25-20-31(47-5)35(48-6)36(49-7)32(25)26/h9-13,15,17-22,28,33-34H,8,14,16H2,1-7H3,(H,40,44)(H,41,45)(H,42,46)/t22-,28+,33+,34?/m1/s1. The molecule has 1 aromatic heterocycles. The van der Waals surface area contributed by atoms with Gasteiger partial charge in [-0.25, -0.2) is 4.98 Å². The summed E-state index contributed by atoms with van der Waals surface area (Å²) in [5.41, 5.74) is 3.85. The average molecular weight is 668 g/mol. The molecule has 0 aliphatic heterocycles. The Morgan fingerprint density at radius 1 is 1.02 bits per heavy atom. The van der Waals surface area contributed by atoms with Gasteiger partial charge in [-0.1, -0.05) is 56.7 Å². The van der Waals surface area contributed by atoms with Crippen molar-refractivity contribution in [3.05, 3.63) is 99.7 Å². The van der Waals surface area contributed by atoms with Crippen LogP contribution < -0.4 is 35.6 Å². The van der Waals surface area contributed by atoms with E-state index in [9.17, 15) is 14.4 Å². The molecule has 1 aliphatic carbocycles. The van der Waals surface area contributed by atoms with Crippen molar-refractivity contribution in [1.29, 1.82) is 0 Å². The van der Waals surface area contributed by atoms with E-state index in [1.165, 1.54) is 6.92 Å². The Kier molecular flexibility index (Phi) is 10.9. The molecular weight excluding hydrogens is 622 g/mol. The predicted molar refractivity (Wildman–Crippen MR) is 189 cm³/mol. The molecule has 0 spiro atoms. The molecule has 11 nitrogen and oxygen atoms in total. The summed E-state index contributed by atoms with van der Waals surface area (Å²) >= 11 is 0. The van der Waals surface area contributed by atoms with Crippen LogP contribution >= 0.6 is 0 Å². The molecule has 4 atom stereocenters. The molecular formula is C38H45N5O6. The third-order valence-corrected chi connectivity index (χ3v) is 9.26. The van der Waals surface area contributed by atoms with Crippen LogP contribution in [-0.2, 0) is 23.1 Å². The highest BCUT2D eigenvalue weighted by Crippen LogP contribution is 2.50. The number of methoxy groups -OCH3 is 3. The number of aromatic nitrogens is 2. The predicted octanol–water partition coefficient (Wildman–Crippen LogP) is 5.33. The molecule has 4 aromatic rings. The molecule has 0 saturated carbocycles. The van der Waals surface area contributed by atoms with Crippen molar-refractivity contribution in [3.8, 4) is 28.4 Å². The van der Waals surface area contributed by atoms with E-state index in [2.05, 4.69) is 20.9 Å². The van der Waals surface area contributed by atoms with E-state index < -0.39 is 18.1 Å². The van der Waals surface area contributed by atoms with Gasteiger partial charge in [-0.2, -0.15) is 0 Å². The number of rotatable bonds is 12. The molecule has 258 valence electrons. The van der Waals surface area contributed by atoms with Gasteiger partial charge in [0.15, 0.2) is 11.5 Å². The zero-order valence-corrected chi connectivity index (χ0v) is 29.1. The summed E-state index contributed by atoms with van der Waals surface area (Å²) in [5, 5.41) is 9.55. The number of fused-ring (bicyclic) bond motifs is 3. The number of benzene rings is 2. The fourth-order valence-corrected chi connectivity index (χ4v) is 6.53. The number of imidazole rings is 1. The molecule has 0 fully saturated rings. The van der Waals surface area contributed by atoms with E-state index in [-0.39, 0.29) is 28.8 Å². The first-order valence-electron chi connectivity index (χ1n) is 16.5. The van der Waals surface area contributed by atoms with E-state index in [1.54, 1.807) is 39.7 Å². The smallest absolute Gasteiger partial charge is 0.243 e.